The summed E-state index contributed by atoms with van der Waals surface area (Å²) < 4.78 is 0. The zero-order valence-electron chi connectivity index (χ0n) is 23.9. The van der Waals surface area contributed by atoms with Crippen molar-refractivity contribution in [2.75, 3.05) is 7.05 Å². The zero-order valence-corrected chi connectivity index (χ0v) is 23.9. The predicted molar refractivity (Wildman–Crippen MR) is 151 cm³/mol. The topological polar surface area (TPSA) is 50.7 Å². The molecule has 0 atom stereocenters. The van der Waals surface area contributed by atoms with Crippen LogP contribution in [-0.2, 0) is 21.7 Å². The van der Waals surface area contributed by atoms with E-state index in [4.69, 9.17) is 10.7 Å². The fraction of sp³-hybridized carbons (Fsp3) is 0.548. The molecule has 0 spiro atoms. The highest BCUT2D eigenvalue weighted by Gasteiger charge is 2.23. The van der Waals surface area contributed by atoms with Crippen molar-refractivity contribution in [1.82, 2.24) is 0 Å². The molecule has 0 radical (unpaired) electrons. The molecule has 0 aliphatic heterocycles. The van der Waals surface area contributed by atoms with E-state index in [9.17, 15) is 0 Å². The number of benzene rings is 2. The van der Waals surface area contributed by atoms with Crippen molar-refractivity contribution in [1.29, 1.82) is 0 Å². The SMILES string of the molecule is CN=C(N=C(N)c1cc(C(C)(C)C)cc(C(C)(C)C)c1)c1cc(C(C)(C)C)cc(C(C)(C)C)c1. The van der Waals surface area contributed by atoms with E-state index in [1.807, 2.05) is 0 Å². The second-order valence-corrected chi connectivity index (χ2v) is 13.6. The van der Waals surface area contributed by atoms with Crippen molar-refractivity contribution in [3.63, 3.8) is 0 Å². The van der Waals surface area contributed by atoms with Crippen molar-refractivity contribution in [3.05, 3.63) is 69.8 Å². The average molecular weight is 462 g/mol. The third kappa shape index (κ3) is 6.81. The van der Waals surface area contributed by atoms with Crippen LogP contribution in [0.2, 0.25) is 0 Å². The van der Waals surface area contributed by atoms with Crippen LogP contribution in [0.3, 0.4) is 0 Å². The third-order valence-corrected chi connectivity index (χ3v) is 6.32. The Morgan fingerprint density at radius 3 is 1.09 bits per heavy atom. The van der Waals surface area contributed by atoms with Crippen molar-refractivity contribution in [2.24, 2.45) is 15.7 Å². The number of amidine groups is 2. The summed E-state index contributed by atoms with van der Waals surface area (Å²) in [5.41, 5.74) is 13.7. The first-order chi connectivity index (χ1) is 15.2. The number of nitrogens with zero attached hydrogens (tertiary/aromatic N) is 2. The molecular formula is C31H47N3. The maximum absolute atomic E-state index is 6.65. The van der Waals surface area contributed by atoms with Gasteiger partial charge in [-0.1, -0.05) is 95.2 Å². The van der Waals surface area contributed by atoms with Crippen LogP contribution in [0.15, 0.2) is 46.4 Å². The summed E-state index contributed by atoms with van der Waals surface area (Å²) >= 11 is 0. The molecule has 2 rings (SSSR count). The van der Waals surface area contributed by atoms with E-state index in [1.165, 1.54) is 22.3 Å². The van der Waals surface area contributed by atoms with Gasteiger partial charge in [-0.05, 0) is 68.2 Å². The molecule has 2 N–H and O–H groups in total. The van der Waals surface area contributed by atoms with E-state index in [1.54, 1.807) is 7.05 Å². The lowest BCUT2D eigenvalue weighted by Gasteiger charge is -2.26. The fourth-order valence-corrected chi connectivity index (χ4v) is 3.69. The minimum Gasteiger partial charge on any atom is -0.383 e. The number of hydrogen-bond acceptors (Lipinski definition) is 1. The summed E-state index contributed by atoms with van der Waals surface area (Å²) in [5.74, 6) is 1.16. The van der Waals surface area contributed by atoms with E-state index >= 15 is 0 Å². The molecule has 2 aromatic carbocycles. The second kappa shape index (κ2) is 9.32. The van der Waals surface area contributed by atoms with Crippen LogP contribution in [0.25, 0.3) is 0 Å². The molecular weight excluding hydrogens is 414 g/mol. The van der Waals surface area contributed by atoms with Crippen LogP contribution in [0.1, 0.15) is 116 Å². The molecule has 0 heterocycles. The molecule has 2 aromatic rings. The molecule has 186 valence electrons. The van der Waals surface area contributed by atoms with E-state index in [-0.39, 0.29) is 21.7 Å². The molecule has 0 aliphatic rings. The Bertz CT molecular complexity index is 1020. The molecule has 0 amide bonds. The lowest BCUT2D eigenvalue weighted by Crippen LogP contribution is -2.22. The van der Waals surface area contributed by atoms with Gasteiger partial charge in [0.15, 0.2) is 5.84 Å². The average Bonchev–Trinajstić information content (AvgIpc) is 2.68. The number of hydrogen-bond donors (Lipinski definition) is 1. The molecule has 0 unspecified atom stereocenters. The maximum atomic E-state index is 6.65. The Hall–Kier alpha value is -2.42. The van der Waals surface area contributed by atoms with Crippen molar-refractivity contribution in [2.45, 2.75) is 105 Å². The first kappa shape index (κ1) is 27.8. The molecule has 0 saturated carbocycles. The van der Waals surface area contributed by atoms with Gasteiger partial charge in [0.25, 0.3) is 0 Å². The summed E-state index contributed by atoms with van der Waals surface area (Å²) in [4.78, 5) is 9.43. The van der Waals surface area contributed by atoms with Crippen LogP contribution < -0.4 is 5.73 Å². The van der Waals surface area contributed by atoms with E-state index < -0.39 is 0 Å². The number of nitrogens with two attached hydrogens (primary N) is 1. The van der Waals surface area contributed by atoms with Gasteiger partial charge < -0.3 is 5.73 Å². The van der Waals surface area contributed by atoms with Gasteiger partial charge in [-0.3, -0.25) is 4.99 Å². The van der Waals surface area contributed by atoms with Gasteiger partial charge in [0.1, 0.15) is 5.84 Å². The molecule has 0 aromatic heterocycles. The van der Waals surface area contributed by atoms with Gasteiger partial charge in [0.05, 0.1) is 0 Å². The van der Waals surface area contributed by atoms with E-state index in [0.29, 0.717) is 11.7 Å². The van der Waals surface area contributed by atoms with E-state index in [2.05, 4.69) is 124 Å². The lowest BCUT2D eigenvalue weighted by molar-refractivity contribution is 0.568. The van der Waals surface area contributed by atoms with Crippen LogP contribution in [0.5, 0.6) is 0 Å². The molecule has 0 bridgehead atoms. The van der Waals surface area contributed by atoms with Gasteiger partial charge in [0, 0.05) is 18.2 Å². The molecule has 0 fully saturated rings. The van der Waals surface area contributed by atoms with Gasteiger partial charge in [-0.15, -0.1) is 0 Å². The zero-order chi connectivity index (χ0) is 26.3. The van der Waals surface area contributed by atoms with Crippen LogP contribution in [0.4, 0.5) is 0 Å². The molecule has 0 aliphatic carbocycles. The summed E-state index contributed by atoms with van der Waals surface area (Å²) in [6.07, 6.45) is 0. The Morgan fingerprint density at radius 2 is 0.824 bits per heavy atom. The summed E-state index contributed by atoms with van der Waals surface area (Å²) in [7, 11) is 1.79. The molecule has 3 nitrogen and oxygen atoms in total. The summed E-state index contributed by atoms with van der Waals surface area (Å²) in [6, 6.07) is 13.4. The normalized spacial score (nSPS) is 14.5. The van der Waals surface area contributed by atoms with Crippen LogP contribution in [0, 0.1) is 0 Å². The van der Waals surface area contributed by atoms with Gasteiger partial charge >= 0.3 is 0 Å². The Labute approximate surface area is 209 Å². The smallest absolute Gasteiger partial charge is 0.156 e. The fourth-order valence-electron chi connectivity index (χ4n) is 3.69. The number of rotatable bonds is 2. The van der Waals surface area contributed by atoms with E-state index in [0.717, 1.165) is 11.1 Å². The molecule has 34 heavy (non-hydrogen) atoms. The van der Waals surface area contributed by atoms with Gasteiger partial charge in [-0.25, -0.2) is 4.99 Å². The summed E-state index contributed by atoms with van der Waals surface area (Å²) in [6.45, 7) is 26.8. The van der Waals surface area contributed by atoms with Gasteiger partial charge in [0.2, 0.25) is 0 Å². The molecule has 3 heteroatoms. The first-order valence-electron chi connectivity index (χ1n) is 12.4. The Balaban J connectivity index is 2.70. The highest BCUT2D eigenvalue weighted by molar-refractivity contribution is 6.11. The standard InChI is InChI=1S/C31H47N3/c1-28(2,3)22-14-20(15-23(18-22)29(4,5)6)26(32)34-27(33-13)21-16-24(30(7,8)9)19-25(17-21)31(10,11)12/h14-19H,1-13H3,(H2,32,33,34). The minimum absolute atomic E-state index is 0.0145. The summed E-state index contributed by atoms with van der Waals surface area (Å²) in [5, 5.41) is 0. The van der Waals surface area contributed by atoms with Crippen molar-refractivity contribution < 1.29 is 0 Å². The van der Waals surface area contributed by atoms with Gasteiger partial charge in [-0.2, -0.15) is 0 Å². The highest BCUT2D eigenvalue weighted by Crippen LogP contribution is 2.32. The largest absolute Gasteiger partial charge is 0.383 e. The highest BCUT2D eigenvalue weighted by atomic mass is 15.0. The second-order valence-electron chi connectivity index (χ2n) is 13.6. The molecule has 0 saturated heterocycles. The van der Waals surface area contributed by atoms with Crippen LogP contribution >= 0.6 is 0 Å². The van der Waals surface area contributed by atoms with Crippen LogP contribution in [-0.4, -0.2) is 18.7 Å². The minimum atomic E-state index is 0.0145. The monoisotopic (exact) mass is 461 g/mol. The first-order valence-corrected chi connectivity index (χ1v) is 12.4. The maximum Gasteiger partial charge on any atom is 0.156 e. The predicted octanol–water partition coefficient (Wildman–Crippen LogP) is 7.66. The van der Waals surface area contributed by atoms with Crippen molar-refractivity contribution >= 4 is 11.7 Å². The Morgan fingerprint density at radius 1 is 0.529 bits per heavy atom. The third-order valence-electron chi connectivity index (χ3n) is 6.32. The number of aliphatic imine (C=N–C) groups is 2. The Kier molecular flexibility index (Phi) is 7.63. The lowest BCUT2D eigenvalue weighted by atomic mass is 9.79. The van der Waals surface area contributed by atoms with Crippen molar-refractivity contribution in [3.8, 4) is 0 Å². The quantitative estimate of drug-likeness (QED) is 0.362.